The molecule has 2 aromatic rings. The molecular formula is C16H15F2N3O. The molecule has 4 nitrogen and oxygen atoms in total. The Labute approximate surface area is 127 Å². The zero-order valence-electron chi connectivity index (χ0n) is 11.9. The minimum absolute atomic E-state index is 0.155. The van der Waals surface area contributed by atoms with E-state index in [1.165, 1.54) is 12.4 Å². The highest BCUT2D eigenvalue weighted by molar-refractivity contribution is 5.43. The minimum atomic E-state index is -0.980. The van der Waals surface area contributed by atoms with Crippen molar-refractivity contribution in [2.45, 2.75) is 0 Å². The van der Waals surface area contributed by atoms with Crippen LogP contribution in [-0.4, -0.2) is 23.1 Å². The monoisotopic (exact) mass is 303 g/mol. The largest absolute Gasteiger partial charge is 0.439 e. The molecule has 2 rings (SSSR count). The van der Waals surface area contributed by atoms with Gasteiger partial charge in [0.15, 0.2) is 11.6 Å². The average Bonchev–Trinajstić information content (AvgIpc) is 2.51. The smallest absolute Gasteiger partial charge is 0.224 e. The second-order valence-corrected chi connectivity index (χ2v) is 4.37. The van der Waals surface area contributed by atoms with Crippen LogP contribution in [0.3, 0.4) is 0 Å². The van der Waals surface area contributed by atoms with Gasteiger partial charge in [-0.05, 0) is 12.1 Å². The molecule has 0 aliphatic heterocycles. The van der Waals surface area contributed by atoms with E-state index in [4.69, 9.17) is 4.74 Å². The number of benzene rings is 1. The van der Waals surface area contributed by atoms with Crippen LogP contribution in [0.15, 0.2) is 55.9 Å². The van der Waals surface area contributed by atoms with Gasteiger partial charge in [0.1, 0.15) is 17.9 Å². The molecule has 1 aromatic carbocycles. The van der Waals surface area contributed by atoms with Crippen molar-refractivity contribution in [3.8, 4) is 11.6 Å². The standard InChI is InChI=1S/C16H15F2N3O/c1-3-7-21(8-4-2)15-10-16(20-11-19-15)22-12-5-6-13(17)14(18)9-12/h3-6,9-11H,1-2,7-8H2. The van der Waals surface area contributed by atoms with Gasteiger partial charge in [0.2, 0.25) is 5.88 Å². The fourth-order valence-corrected chi connectivity index (χ4v) is 1.79. The van der Waals surface area contributed by atoms with Crippen LogP contribution < -0.4 is 9.64 Å². The van der Waals surface area contributed by atoms with E-state index in [2.05, 4.69) is 23.1 Å². The van der Waals surface area contributed by atoms with Crippen molar-refractivity contribution in [2.75, 3.05) is 18.0 Å². The average molecular weight is 303 g/mol. The molecule has 0 bridgehead atoms. The maximum absolute atomic E-state index is 13.2. The van der Waals surface area contributed by atoms with Gasteiger partial charge in [-0.2, -0.15) is 0 Å². The zero-order chi connectivity index (χ0) is 15.9. The molecule has 0 N–H and O–H groups in total. The molecule has 0 saturated heterocycles. The molecule has 0 unspecified atom stereocenters. The maximum Gasteiger partial charge on any atom is 0.224 e. The van der Waals surface area contributed by atoms with E-state index < -0.39 is 11.6 Å². The van der Waals surface area contributed by atoms with Crippen molar-refractivity contribution in [3.63, 3.8) is 0 Å². The Morgan fingerprint density at radius 1 is 1.05 bits per heavy atom. The first-order valence-electron chi connectivity index (χ1n) is 6.55. The van der Waals surface area contributed by atoms with Crippen molar-refractivity contribution < 1.29 is 13.5 Å². The third-order valence-electron chi connectivity index (χ3n) is 2.76. The fourth-order valence-electron chi connectivity index (χ4n) is 1.79. The highest BCUT2D eigenvalue weighted by atomic mass is 19.2. The van der Waals surface area contributed by atoms with Crippen LogP contribution in [0.4, 0.5) is 14.6 Å². The third-order valence-corrected chi connectivity index (χ3v) is 2.76. The molecule has 114 valence electrons. The topological polar surface area (TPSA) is 38.2 Å². The van der Waals surface area contributed by atoms with Crippen LogP contribution in [0.25, 0.3) is 0 Å². The lowest BCUT2D eigenvalue weighted by Crippen LogP contribution is -2.24. The summed E-state index contributed by atoms with van der Waals surface area (Å²) in [5.41, 5.74) is 0. The predicted molar refractivity (Wildman–Crippen MR) is 81.1 cm³/mol. The first-order valence-corrected chi connectivity index (χ1v) is 6.55. The van der Waals surface area contributed by atoms with Crippen LogP contribution in [-0.2, 0) is 0 Å². The van der Waals surface area contributed by atoms with Gasteiger partial charge in [-0.1, -0.05) is 12.2 Å². The number of nitrogens with zero attached hydrogens (tertiary/aromatic N) is 3. The molecule has 0 radical (unpaired) electrons. The summed E-state index contributed by atoms with van der Waals surface area (Å²) in [6.07, 6.45) is 4.81. The maximum atomic E-state index is 13.2. The molecule has 0 atom stereocenters. The van der Waals surface area contributed by atoms with Crippen LogP contribution in [0.2, 0.25) is 0 Å². The first-order chi connectivity index (χ1) is 10.6. The molecule has 1 heterocycles. The molecule has 1 aromatic heterocycles. The van der Waals surface area contributed by atoms with E-state index in [0.717, 1.165) is 12.1 Å². The number of ether oxygens (including phenoxy) is 1. The van der Waals surface area contributed by atoms with E-state index in [9.17, 15) is 8.78 Å². The molecule has 0 spiro atoms. The highest BCUT2D eigenvalue weighted by Crippen LogP contribution is 2.23. The number of aromatic nitrogens is 2. The minimum Gasteiger partial charge on any atom is -0.439 e. The van der Waals surface area contributed by atoms with Gasteiger partial charge in [-0.15, -0.1) is 13.2 Å². The van der Waals surface area contributed by atoms with Crippen molar-refractivity contribution in [3.05, 3.63) is 67.5 Å². The Morgan fingerprint density at radius 2 is 1.77 bits per heavy atom. The van der Waals surface area contributed by atoms with Gasteiger partial charge < -0.3 is 9.64 Å². The molecule has 6 heteroatoms. The van der Waals surface area contributed by atoms with Crippen molar-refractivity contribution >= 4 is 5.82 Å². The van der Waals surface area contributed by atoms with Gasteiger partial charge in [0.25, 0.3) is 0 Å². The molecule has 0 fully saturated rings. The van der Waals surface area contributed by atoms with Crippen LogP contribution in [0.5, 0.6) is 11.6 Å². The first kappa shape index (κ1) is 15.6. The van der Waals surface area contributed by atoms with Crippen molar-refractivity contribution in [1.29, 1.82) is 0 Å². The summed E-state index contributed by atoms with van der Waals surface area (Å²) in [4.78, 5) is 10.0. The van der Waals surface area contributed by atoms with Crippen molar-refractivity contribution in [1.82, 2.24) is 9.97 Å². The van der Waals surface area contributed by atoms with E-state index in [1.54, 1.807) is 18.2 Å². The molecule has 0 aliphatic carbocycles. The van der Waals surface area contributed by atoms with Gasteiger partial charge in [-0.25, -0.2) is 18.7 Å². The Bertz CT molecular complexity index is 666. The lowest BCUT2D eigenvalue weighted by molar-refractivity contribution is 0.446. The van der Waals surface area contributed by atoms with Gasteiger partial charge in [-0.3, -0.25) is 0 Å². The van der Waals surface area contributed by atoms with Crippen molar-refractivity contribution in [2.24, 2.45) is 0 Å². The Hall–Kier alpha value is -2.76. The summed E-state index contributed by atoms with van der Waals surface area (Å²) in [5.74, 6) is -0.908. The summed E-state index contributed by atoms with van der Waals surface area (Å²) in [6.45, 7) is 8.53. The Morgan fingerprint density at radius 3 is 2.41 bits per heavy atom. The zero-order valence-corrected chi connectivity index (χ0v) is 11.9. The van der Waals surface area contributed by atoms with E-state index >= 15 is 0 Å². The number of anilines is 1. The predicted octanol–water partition coefficient (Wildman–Crippen LogP) is 3.73. The molecular weight excluding hydrogens is 288 g/mol. The highest BCUT2D eigenvalue weighted by Gasteiger charge is 2.09. The van der Waals surface area contributed by atoms with Gasteiger partial charge in [0.05, 0.1) is 0 Å². The number of halogens is 2. The lowest BCUT2D eigenvalue weighted by atomic mass is 10.3. The van der Waals surface area contributed by atoms with Crippen LogP contribution >= 0.6 is 0 Å². The summed E-state index contributed by atoms with van der Waals surface area (Å²) in [6, 6.07) is 4.89. The third kappa shape index (κ3) is 3.88. The lowest BCUT2D eigenvalue weighted by Gasteiger charge is -2.20. The molecule has 22 heavy (non-hydrogen) atoms. The van der Waals surface area contributed by atoms with E-state index in [-0.39, 0.29) is 11.6 Å². The molecule has 0 amide bonds. The SMILES string of the molecule is C=CCN(CC=C)c1cc(Oc2ccc(F)c(F)c2)ncn1. The van der Waals surface area contributed by atoms with E-state index in [0.29, 0.717) is 18.9 Å². The Kier molecular flexibility index (Phi) is 5.19. The normalized spacial score (nSPS) is 10.1. The molecule has 0 aliphatic rings. The fraction of sp³-hybridized carbons (Fsp3) is 0.125. The van der Waals surface area contributed by atoms with Crippen LogP contribution in [0, 0.1) is 11.6 Å². The van der Waals surface area contributed by atoms with E-state index in [1.807, 2.05) is 4.90 Å². The molecule has 0 saturated carbocycles. The Balaban J connectivity index is 2.21. The summed E-state index contributed by atoms with van der Waals surface area (Å²) in [5, 5.41) is 0. The van der Waals surface area contributed by atoms with Gasteiger partial charge in [0, 0.05) is 25.2 Å². The number of hydrogen-bond donors (Lipinski definition) is 0. The number of rotatable bonds is 7. The van der Waals surface area contributed by atoms with Gasteiger partial charge >= 0.3 is 0 Å². The second-order valence-electron chi connectivity index (χ2n) is 4.37. The quantitative estimate of drug-likeness (QED) is 0.731. The summed E-state index contributed by atoms with van der Waals surface area (Å²) >= 11 is 0. The second kappa shape index (κ2) is 7.31. The number of hydrogen-bond acceptors (Lipinski definition) is 4. The summed E-state index contributed by atoms with van der Waals surface area (Å²) < 4.78 is 31.5. The summed E-state index contributed by atoms with van der Waals surface area (Å²) in [7, 11) is 0. The van der Waals surface area contributed by atoms with Crippen LogP contribution in [0.1, 0.15) is 0 Å².